The van der Waals surface area contributed by atoms with Crippen molar-refractivity contribution in [3.8, 4) is 0 Å². The molecule has 2 aromatic rings. The predicted molar refractivity (Wildman–Crippen MR) is 170 cm³/mol. The minimum atomic E-state index is -3.76. The number of carbonyl (C=O) groups is 2. The molecular weight excluding hydrogens is 595 g/mol. The molecule has 0 aliphatic heterocycles. The second-order valence-corrected chi connectivity index (χ2v) is 17.6. The van der Waals surface area contributed by atoms with E-state index in [0.717, 1.165) is 25.7 Å². The smallest absolute Gasteiger partial charge is 0.326 e. The average molecular weight is 645 g/mol. The van der Waals surface area contributed by atoms with Crippen molar-refractivity contribution in [1.29, 1.82) is 0 Å². The number of aromatic nitrogens is 3. The van der Waals surface area contributed by atoms with Gasteiger partial charge < -0.3 is 24.5 Å². The molecule has 4 fully saturated rings. The van der Waals surface area contributed by atoms with Crippen LogP contribution in [-0.2, 0) is 34.9 Å². The Kier molecular flexibility index (Phi) is 8.37. The summed E-state index contributed by atoms with van der Waals surface area (Å²) in [7, 11) is -3.76. The van der Waals surface area contributed by atoms with E-state index in [4.69, 9.17) is 19.9 Å². The molecule has 0 aromatic carbocycles. The number of nitrogen functional groups attached to an aromatic ring is 1. The van der Waals surface area contributed by atoms with Gasteiger partial charge in [-0.25, -0.2) is 20.1 Å². The quantitative estimate of drug-likeness (QED) is 0.198. The lowest BCUT2D eigenvalue weighted by Gasteiger charge is -2.53. The number of rotatable bonds is 13. The Morgan fingerprint density at radius 1 is 0.978 bits per heavy atom. The van der Waals surface area contributed by atoms with Crippen LogP contribution in [0.25, 0.3) is 11.2 Å². The first-order valence-corrected chi connectivity index (χ1v) is 18.3. The van der Waals surface area contributed by atoms with Crippen molar-refractivity contribution in [2.45, 2.75) is 135 Å². The molecule has 0 bridgehead atoms. The summed E-state index contributed by atoms with van der Waals surface area (Å²) < 4.78 is 34.3. The Bertz CT molecular complexity index is 1420. The lowest BCUT2D eigenvalue weighted by Crippen LogP contribution is -2.56. The fourth-order valence-corrected chi connectivity index (χ4v) is 10.1. The molecule has 2 spiro atoms. The molecular formula is C32H49N6O6P. The molecule has 12 nitrogen and oxygen atoms in total. The topological polar surface area (TPSA) is 160 Å². The zero-order valence-electron chi connectivity index (χ0n) is 27.3. The minimum absolute atomic E-state index is 0.122. The van der Waals surface area contributed by atoms with Crippen molar-refractivity contribution in [3.05, 3.63) is 18.6 Å². The molecule has 2 heterocycles. The van der Waals surface area contributed by atoms with E-state index in [9.17, 15) is 14.2 Å². The Morgan fingerprint density at radius 2 is 1.49 bits per heavy atom. The zero-order chi connectivity index (χ0) is 32.3. The molecule has 0 radical (unpaired) electrons. The maximum Gasteiger partial charge on any atom is 0.326 e. The van der Waals surface area contributed by atoms with E-state index < -0.39 is 36.6 Å². The van der Waals surface area contributed by atoms with Crippen LogP contribution in [0.1, 0.15) is 98.8 Å². The number of nitrogens with two attached hydrogens (primary N) is 1. The highest BCUT2D eigenvalue weighted by molar-refractivity contribution is 7.59. The third-order valence-corrected chi connectivity index (χ3v) is 12.8. The van der Waals surface area contributed by atoms with Gasteiger partial charge in [0.1, 0.15) is 35.2 Å². The van der Waals surface area contributed by atoms with Crippen LogP contribution in [0.3, 0.4) is 0 Å². The number of ether oxygens (including phenoxy) is 3. The van der Waals surface area contributed by atoms with Crippen molar-refractivity contribution in [3.63, 3.8) is 0 Å². The summed E-state index contributed by atoms with van der Waals surface area (Å²) in [5.41, 5.74) is 5.87. The van der Waals surface area contributed by atoms with Gasteiger partial charge in [0.15, 0.2) is 5.65 Å². The van der Waals surface area contributed by atoms with Crippen LogP contribution >= 0.6 is 7.44 Å². The van der Waals surface area contributed by atoms with Gasteiger partial charge in [-0.15, -0.1) is 0 Å². The van der Waals surface area contributed by atoms with Gasteiger partial charge in [0.05, 0.1) is 24.7 Å². The number of nitrogens with one attached hydrogen (secondary N) is 2. The molecule has 4 aliphatic carbocycles. The highest BCUT2D eigenvalue weighted by Crippen LogP contribution is 2.58. The molecule has 0 saturated heterocycles. The average Bonchev–Trinajstić information content (AvgIpc) is 3.27. The monoisotopic (exact) mass is 644 g/mol. The number of esters is 2. The van der Waals surface area contributed by atoms with Crippen molar-refractivity contribution >= 4 is 36.2 Å². The third-order valence-electron chi connectivity index (χ3n) is 10.5. The molecule has 45 heavy (non-hydrogen) atoms. The normalized spacial score (nSPS) is 24.2. The van der Waals surface area contributed by atoms with Gasteiger partial charge in [-0.05, 0) is 103 Å². The van der Waals surface area contributed by atoms with Crippen LogP contribution in [0.15, 0.2) is 18.6 Å². The third kappa shape index (κ3) is 6.66. The van der Waals surface area contributed by atoms with Crippen LogP contribution in [0, 0.1) is 10.8 Å². The van der Waals surface area contributed by atoms with Crippen molar-refractivity contribution < 1.29 is 28.4 Å². The van der Waals surface area contributed by atoms with Gasteiger partial charge in [0.25, 0.3) is 0 Å². The first-order chi connectivity index (χ1) is 21.1. The van der Waals surface area contributed by atoms with E-state index >= 15 is 0 Å². The van der Waals surface area contributed by atoms with Crippen LogP contribution in [-0.4, -0.2) is 62.2 Å². The molecule has 2 aromatic heterocycles. The Morgan fingerprint density at radius 3 is 1.96 bits per heavy atom. The molecule has 0 unspecified atom stereocenters. The van der Waals surface area contributed by atoms with Gasteiger partial charge in [-0.1, -0.05) is 12.8 Å². The molecule has 4 aliphatic rings. The zero-order valence-corrected chi connectivity index (χ0v) is 28.2. The van der Waals surface area contributed by atoms with Gasteiger partial charge >= 0.3 is 11.9 Å². The fraction of sp³-hybridized carbons (Fsp3) is 0.750. The molecule has 1 atom stereocenters. The number of anilines is 1. The van der Waals surface area contributed by atoms with Gasteiger partial charge in [-0.2, -0.15) is 0 Å². The molecule has 6 rings (SSSR count). The van der Waals surface area contributed by atoms with Gasteiger partial charge in [0, 0.05) is 6.20 Å². The first-order valence-electron chi connectivity index (χ1n) is 16.4. The number of pyridine rings is 1. The summed E-state index contributed by atoms with van der Waals surface area (Å²) in [5.74, 6) is -0.961. The van der Waals surface area contributed by atoms with Crippen molar-refractivity contribution in [1.82, 2.24) is 24.7 Å². The summed E-state index contributed by atoms with van der Waals surface area (Å²) in [5, 5.41) is 6.07. The van der Waals surface area contributed by atoms with E-state index in [1.165, 1.54) is 38.5 Å². The largest absolute Gasteiger partial charge is 0.461 e. The number of hydrogen-bond acceptors (Lipinski definition) is 9. The summed E-state index contributed by atoms with van der Waals surface area (Å²) in [6.45, 7) is 8.82. The number of imidazole rings is 1. The van der Waals surface area contributed by atoms with E-state index in [-0.39, 0.29) is 18.6 Å². The Balaban J connectivity index is 1.12. The fourth-order valence-electron chi connectivity index (χ4n) is 7.51. The highest BCUT2D eigenvalue weighted by Gasteiger charge is 2.53. The number of carbonyl (C=O) groups excluding carboxylic acids is 2. The summed E-state index contributed by atoms with van der Waals surface area (Å²) in [4.78, 5) is 35.5. The highest BCUT2D eigenvalue weighted by atomic mass is 31.2. The van der Waals surface area contributed by atoms with E-state index in [1.54, 1.807) is 46.3 Å². The van der Waals surface area contributed by atoms with E-state index in [0.29, 0.717) is 34.2 Å². The standard InChI is InChI=1S/C32H49N6O6P/c1-21(18-38-19-35-25-24(33)8-13-34-26(25)38)42-20-45(41,36-29(2,3)27(39)43-22-14-31(15-22)9-6-10-31)37-30(4,5)28(40)44-23-16-32(17-23)11-7-12-32/h8,13,19,21-23H,6-7,9-12,14-18,20H2,1-5H3,(H2,33,34)(H2,36,37,41)/t21-/m1/s1. The number of fused-ring (bicyclic) bond motifs is 1. The first kappa shape index (κ1) is 32.4. The summed E-state index contributed by atoms with van der Waals surface area (Å²) >= 11 is 0. The lowest BCUT2D eigenvalue weighted by molar-refractivity contribution is -0.173. The van der Waals surface area contributed by atoms with E-state index in [1.807, 2.05) is 11.5 Å². The molecule has 0 amide bonds. The summed E-state index contributed by atoms with van der Waals surface area (Å²) in [6, 6.07) is 1.69. The van der Waals surface area contributed by atoms with Gasteiger partial charge in [-0.3, -0.25) is 14.2 Å². The van der Waals surface area contributed by atoms with Gasteiger partial charge in [0.2, 0.25) is 7.44 Å². The molecule has 4 N–H and O–H groups in total. The maximum absolute atomic E-state index is 14.7. The maximum atomic E-state index is 14.7. The predicted octanol–water partition coefficient (Wildman–Crippen LogP) is 5.06. The second kappa shape index (κ2) is 11.6. The molecule has 248 valence electrons. The number of nitrogens with zero attached hydrogens (tertiary/aromatic N) is 3. The minimum Gasteiger partial charge on any atom is -0.461 e. The van der Waals surface area contributed by atoms with Crippen LogP contribution in [0.5, 0.6) is 0 Å². The molecule has 13 heteroatoms. The molecule has 4 saturated carbocycles. The van der Waals surface area contributed by atoms with E-state index in [2.05, 4.69) is 20.1 Å². The van der Waals surface area contributed by atoms with Crippen LogP contribution < -0.4 is 15.9 Å². The lowest BCUT2D eigenvalue weighted by atomic mass is 9.55. The van der Waals surface area contributed by atoms with Crippen LogP contribution in [0.4, 0.5) is 5.69 Å². The van der Waals surface area contributed by atoms with Crippen molar-refractivity contribution in [2.24, 2.45) is 10.8 Å². The second-order valence-electron chi connectivity index (χ2n) is 15.4. The number of hydrogen-bond donors (Lipinski definition) is 3. The Hall–Kier alpha value is -2.53. The Labute approximate surface area is 265 Å². The SMILES string of the molecule is C[C@H](Cn1cnc2c(N)ccnc21)OCP(=O)(NC(C)(C)C(=O)OC1CC2(CCC2)C1)NC(C)(C)C(=O)OC1CC2(CCC2)C1. The van der Waals surface area contributed by atoms with Crippen LogP contribution in [0.2, 0.25) is 0 Å². The summed E-state index contributed by atoms with van der Waals surface area (Å²) in [6.07, 6.45) is 13.1. The van der Waals surface area contributed by atoms with Crippen molar-refractivity contribution in [2.75, 3.05) is 12.1 Å².